The van der Waals surface area contributed by atoms with Crippen LogP contribution in [0.5, 0.6) is 0 Å². The highest BCUT2D eigenvalue weighted by Gasteiger charge is 2.20. The average Bonchev–Trinajstić information content (AvgIpc) is 2.94. The molecule has 0 saturated carbocycles. The van der Waals surface area contributed by atoms with Gasteiger partial charge in [0.25, 0.3) is 11.5 Å². The molecular formula is C18H26N4O2S. The van der Waals surface area contributed by atoms with Gasteiger partial charge in [-0.2, -0.15) is 5.10 Å². The summed E-state index contributed by atoms with van der Waals surface area (Å²) in [4.78, 5) is 29.9. The van der Waals surface area contributed by atoms with Gasteiger partial charge in [-0.05, 0) is 32.8 Å². The predicted molar refractivity (Wildman–Crippen MR) is 101 cm³/mol. The van der Waals surface area contributed by atoms with Gasteiger partial charge in [0.05, 0.1) is 17.0 Å². The van der Waals surface area contributed by atoms with Crippen molar-refractivity contribution < 1.29 is 4.79 Å². The minimum absolute atomic E-state index is 0.113. The molecule has 2 heterocycles. The zero-order chi connectivity index (χ0) is 18.6. The quantitative estimate of drug-likeness (QED) is 0.768. The molecule has 0 saturated heterocycles. The summed E-state index contributed by atoms with van der Waals surface area (Å²) in [7, 11) is 1.63. The number of hydrogen-bond acceptors (Lipinski definition) is 5. The van der Waals surface area contributed by atoms with Crippen LogP contribution in [0.4, 0.5) is 0 Å². The molecule has 0 aromatic carbocycles. The Morgan fingerprint density at radius 2 is 1.88 bits per heavy atom. The minimum Gasteiger partial charge on any atom is -0.351 e. The zero-order valence-corrected chi connectivity index (χ0v) is 16.4. The summed E-state index contributed by atoms with van der Waals surface area (Å²) < 4.78 is 1.32. The van der Waals surface area contributed by atoms with Gasteiger partial charge in [0.15, 0.2) is 0 Å². The Bertz CT molecular complexity index is 823. The lowest BCUT2D eigenvalue weighted by atomic mass is 10.1. The maximum Gasteiger partial charge on any atom is 0.277 e. The molecule has 136 valence electrons. The number of aromatic nitrogens is 3. The summed E-state index contributed by atoms with van der Waals surface area (Å²) in [5, 5.41) is 7.72. The molecule has 1 N–H and O–H groups in total. The lowest BCUT2D eigenvalue weighted by Gasteiger charge is -2.07. The van der Waals surface area contributed by atoms with Crippen LogP contribution < -0.4 is 10.9 Å². The van der Waals surface area contributed by atoms with Crippen molar-refractivity contribution in [3.63, 3.8) is 0 Å². The Kier molecular flexibility index (Phi) is 6.47. The second kappa shape index (κ2) is 8.38. The third kappa shape index (κ3) is 4.34. The molecule has 0 unspecified atom stereocenters. The fourth-order valence-corrected chi connectivity index (χ4v) is 3.72. The van der Waals surface area contributed by atoms with Gasteiger partial charge in [-0.3, -0.25) is 9.59 Å². The van der Waals surface area contributed by atoms with Gasteiger partial charge in [0.1, 0.15) is 9.88 Å². The van der Waals surface area contributed by atoms with Crippen LogP contribution in [0.3, 0.4) is 0 Å². The van der Waals surface area contributed by atoms with E-state index in [0.29, 0.717) is 27.7 Å². The van der Waals surface area contributed by atoms with E-state index in [0.717, 1.165) is 24.1 Å². The number of nitrogens with one attached hydrogen (secondary N) is 1. The first-order chi connectivity index (χ1) is 11.9. The molecule has 0 aliphatic carbocycles. The van der Waals surface area contributed by atoms with Gasteiger partial charge in [-0.1, -0.05) is 26.2 Å². The molecule has 2 aromatic rings. The summed E-state index contributed by atoms with van der Waals surface area (Å²) in [6.07, 6.45) is 4.46. The second-order valence-corrected chi connectivity index (χ2v) is 7.26. The number of carbonyl (C=O) groups is 1. The number of rotatable bonds is 7. The van der Waals surface area contributed by atoms with E-state index >= 15 is 0 Å². The normalized spacial score (nSPS) is 10.9. The van der Waals surface area contributed by atoms with Crippen LogP contribution in [0.2, 0.25) is 0 Å². The molecule has 0 bridgehead atoms. The molecule has 6 nitrogen and oxygen atoms in total. The number of unbranched alkanes of at least 4 members (excludes halogenated alkanes) is 3. The van der Waals surface area contributed by atoms with E-state index in [9.17, 15) is 9.59 Å². The summed E-state index contributed by atoms with van der Waals surface area (Å²) in [6, 6.07) is 0. The van der Waals surface area contributed by atoms with E-state index in [2.05, 4.69) is 22.3 Å². The third-order valence-corrected chi connectivity index (χ3v) is 5.43. The van der Waals surface area contributed by atoms with Crippen molar-refractivity contribution in [2.45, 2.75) is 53.4 Å². The molecule has 7 heteroatoms. The molecular weight excluding hydrogens is 336 g/mol. The van der Waals surface area contributed by atoms with Crippen LogP contribution in [0, 0.1) is 20.8 Å². The van der Waals surface area contributed by atoms with E-state index in [1.807, 2.05) is 13.8 Å². The van der Waals surface area contributed by atoms with E-state index < -0.39 is 0 Å². The minimum atomic E-state index is -0.191. The molecule has 0 fully saturated rings. The maximum atomic E-state index is 12.5. The van der Waals surface area contributed by atoms with Crippen LogP contribution >= 0.6 is 11.3 Å². The third-order valence-electron chi connectivity index (χ3n) is 4.26. The average molecular weight is 362 g/mol. The first-order valence-corrected chi connectivity index (χ1v) is 9.49. The van der Waals surface area contributed by atoms with E-state index in [4.69, 9.17) is 0 Å². The van der Waals surface area contributed by atoms with Crippen molar-refractivity contribution in [3.05, 3.63) is 32.2 Å². The Hall–Kier alpha value is -2.02. The fourth-order valence-electron chi connectivity index (χ4n) is 2.65. The van der Waals surface area contributed by atoms with Crippen LogP contribution in [-0.2, 0) is 7.05 Å². The van der Waals surface area contributed by atoms with Crippen LogP contribution in [0.15, 0.2) is 4.79 Å². The monoisotopic (exact) mass is 362 g/mol. The highest BCUT2D eigenvalue weighted by molar-refractivity contribution is 7.17. The summed E-state index contributed by atoms with van der Waals surface area (Å²) in [6.45, 7) is 8.36. The summed E-state index contributed by atoms with van der Waals surface area (Å²) >= 11 is 1.27. The van der Waals surface area contributed by atoms with Crippen molar-refractivity contribution in [1.29, 1.82) is 0 Å². The highest BCUT2D eigenvalue weighted by atomic mass is 32.1. The molecule has 25 heavy (non-hydrogen) atoms. The number of carbonyl (C=O) groups excluding carboxylic acids is 1. The number of thiazole rings is 1. The van der Waals surface area contributed by atoms with Crippen molar-refractivity contribution >= 4 is 17.2 Å². The molecule has 0 aliphatic rings. The molecule has 0 aliphatic heterocycles. The number of aryl methyl sites for hydroxylation is 3. The second-order valence-electron chi connectivity index (χ2n) is 6.26. The highest BCUT2D eigenvalue weighted by Crippen LogP contribution is 2.28. The van der Waals surface area contributed by atoms with Crippen molar-refractivity contribution in [3.8, 4) is 10.6 Å². The predicted octanol–water partition coefficient (Wildman–Crippen LogP) is 3.14. The smallest absolute Gasteiger partial charge is 0.277 e. The number of amides is 1. The van der Waals surface area contributed by atoms with E-state index in [-0.39, 0.29) is 11.5 Å². The molecule has 0 radical (unpaired) electrons. The van der Waals surface area contributed by atoms with Gasteiger partial charge in [-0.25, -0.2) is 9.67 Å². The first kappa shape index (κ1) is 19.3. The van der Waals surface area contributed by atoms with Crippen LogP contribution in [0.1, 0.15) is 59.2 Å². The van der Waals surface area contributed by atoms with Crippen LogP contribution in [-0.4, -0.2) is 27.2 Å². The lowest BCUT2D eigenvalue weighted by molar-refractivity contribution is 0.0956. The summed E-state index contributed by atoms with van der Waals surface area (Å²) in [5.74, 6) is -0.113. The topological polar surface area (TPSA) is 76.9 Å². The van der Waals surface area contributed by atoms with Gasteiger partial charge in [-0.15, -0.1) is 11.3 Å². The molecule has 2 aromatic heterocycles. The molecule has 1 amide bonds. The van der Waals surface area contributed by atoms with Crippen molar-refractivity contribution in [2.75, 3.05) is 6.54 Å². The SMILES string of the molecule is CCCCCCNC(=O)c1sc(-c2c(C)c(C)nn(C)c2=O)nc1C. The molecule has 0 spiro atoms. The van der Waals surface area contributed by atoms with E-state index in [1.165, 1.54) is 28.9 Å². The Labute approximate surface area is 152 Å². The van der Waals surface area contributed by atoms with Crippen LogP contribution in [0.25, 0.3) is 10.6 Å². The largest absolute Gasteiger partial charge is 0.351 e. The fraction of sp³-hybridized carbons (Fsp3) is 0.556. The van der Waals surface area contributed by atoms with Gasteiger partial charge in [0, 0.05) is 13.6 Å². The number of nitrogens with zero attached hydrogens (tertiary/aromatic N) is 3. The molecule has 2 rings (SSSR count). The van der Waals surface area contributed by atoms with Crippen molar-refractivity contribution in [2.24, 2.45) is 7.05 Å². The lowest BCUT2D eigenvalue weighted by Crippen LogP contribution is -2.24. The Morgan fingerprint density at radius 3 is 2.56 bits per heavy atom. The van der Waals surface area contributed by atoms with Gasteiger partial charge >= 0.3 is 0 Å². The van der Waals surface area contributed by atoms with Gasteiger partial charge < -0.3 is 5.32 Å². The maximum absolute atomic E-state index is 12.5. The number of hydrogen-bond donors (Lipinski definition) is 1. The Balaban J connectivity index is 2.24. The molecule has 0 atom stereocenters. The first-order valence-electron chi connectivity index (χ1n) is 8.67. The van der Waals surface area contributed by atoms with E-state index in [1.54, 1.807) is 14.0 Å². The van der Waals surface area contributed by atoms with Crippen molar-refractivity contribution in [1.82, 2.24) is 20.1 Å². The van der Waals surface area contributed by atoms with Gasteiger partial charge in [0.2, 0.25) is 0 Å². The Morgan fingerprint density at radius 1 is 1.16 bits per heavy atom. The summed E-state index contributed by atoms with van der Waals surface area (Å²) in [5.41, 5.74) is 2.59. The zero-order valence-electron chi connectivity index (χ0n) is 15.6. The standard InChI is InChI=1S/C18H26N4O2S/c1-6-7-8-9-10-19-16(23)15-13(4)20-17(25-15)14-11(2)12(3)21-22(5)18(14)24/h6-10H2,1-5H3,(H,19,23).